The highest BCUT2D eigenvalue weighted by Gasteiger charge is 2.07. The van der Waals surface area contributed by atoms with Crippen LogP contribution in [0.1, 0.15) is 33.6 Å². The van der Waals surface area contributed by atoms with Crippen LogP contribution < -0.4 is 15.8 Å². The second kappa shape index (κ2) is 7.11. The zero-order valence-electron chi connectivity index (χ0n) is 11.4. The molecule has 0 heterocycles. The molecule has 0 spiro atoms. The Morgan fingerprint density at radius 1 is 1.39 bits per heavy atom. The van der Waals surface area contributed by atoms with Crippen LogP contribution in [0.15, 0.2) is 18.2 Å². The third kappa shape index (κ3) is 4.45. The molecule has 1 atom stereocenters. The number of anilines is 2. The average Bonchev–Trinajstić information content (AvgIpc) is 2.33. The SMILES string of the molecule is CCC(O)CCNc1cccc(OC(C)C)c1N. The standard InChI is InChI=1S/C14H24N2O2/c1-4-11(17)8-9-16-12-6-5-7-13(14(12)15)18-10(2)3/h5-7,10-11,16-17H,4,8-9,15H2,1-3H3. The Bertz CT molecular complexity index is 367. The number of benzene rings is 1. The Hall–Kier alpha value is -1.42. The second-order valence-electron chi connectivity index (χ2n) is 4.66. The first-order valence-corrected chi connectivity index (χ1v) is 6.51. The quantitative estimate of drug-likeness (QED) is 0.653. The van der Waals surface area contributed by atoms with Crippen LogP contribution in [-0.4, -0.2) is 23.9 Å². The highest BCUT2D eigenvalue weighted by atomic mass is 16.5. The largest absolute Gasteiger partial charge is 0.489 e. The minimum atomic E-state index is -0.256. The summed E-state index contributed by atoms with van der Waals surface area (Å²) in [6.45, 7) is 6.61. The van der Waals surface area contributed by atoms with E-state index in [9.17, 15) is 5.11 Å². The molecule has 0 amide bonds. The molecule has 0 saturated carbocycles. The van der Waals surface area contributed by atoms with E-state index in [1.807, 2.05) is 39.0 Å². The first-order chi connectivity index (χ1) is 8.54. The summed E-state index contributed by atoms with van der Waals surface area (Å²) < 4.78 is 5.62. The van der Waals surface area contributed by atoms with Gasteiger partial charge in [0, 0.05) is 6.54 Å². The van der Waals surface area contributed by atoms with Gasteiger partial charge in [-0.25, -0.2) is 0 Å². The molecule has 0 bridgehead atoms. The molecule has 0 fully saturated rings. The lowest BCUT2D eigenvalue weighted by Crippen LogP contribution is -2.14. The summed E-state index contributed by atoms with van der Waals surface area (Å²) in [6, 6.07) is 5.69. The number of nitrogens with two attached hydrogens (primary N) is 1. The monoisotopic (exact) mass is 252 g/mol. The summed E-state index contributed by atoms with van der Waals surface area (Å²) in [7, 11) is 0. The second-order valence-corrected chi connectivity index (χ2v) is 4.66. The lowest BCUT2D eigenvalue weighted by Gasteiger charge is -2.16. The minimum absolute atomic E-state index is 0.101. The Labute approximate surface area is 109 Å². The summed E-state index contributed by atoms with van der Waals surface area (Å²) in [5.41, 5.74) is 7.51. The van der Waals surface area contributed by atoms with Crippen molar-refractivity contribution < 1.29 is 9.84 Å². The summed E-state index contributed by atoms with van der Waals surface area (Å²) in [5, 5.41) is 12.7. The number of hydrogen-bond donors (Lipinski definition) is 3. The van der Waals surface area contributed by atoms with Crippen LogP contribution in [-0.2, 0) is 0 Å². The highest BCUT2D eigenvalue weighted by Crippen LogP contribution is 2.30. The lowest BCUT2D eigenvalue weighted by molar-refractivity contribution is 0.164. The fraction of sp³-hybridized carbons (Fsp3) is 0.571. The predicted octanol–water partition coefficient (Wildman–Crippen LogP) is 2.63. The van der Waals surface area contributed by atoms with Gasteiger partial charge in [0.2, 0.25) is 0 Å². The maximum Gasteiger partial charge on any atom is 0.144 e. The van der Waals surface area contributed by atoms with Crippen molar-refractivity contribution in [2.75, 3.05) is 17.6 Å². The molecule has 18 heavy (non-hydrogen) atoms. The van der Waals surface area contributed by atoms with Crippen molar-refractivity contribution in [1.82, 2.24) is 0 Å². The molecular formula is C14H24N2O2. The van der Waals surface area contributed by atoms with Crippen LogP contribution in [0.4, 0.5) is 11.4 Å². The van der Waals surface area contributed by atoms with Crippen molar-refractivity contribution in [2.24, 2.45) is 0 Å². The third-order valence-corrected chi connectivity index (χ3v) is 2.69. The molecule has 4 N–H and O–H groups in total. The predicted molar refractivity (Wildman–Crippen MR) is 76.0 cm³/mol. The third-order valence-electron chi connectivity index (χ3n) is 2.69. The number of ether oxygens (including phenoxy) is 1. The fourth-order valence-corrected chi connectivity index (χ4v) is 1.63. The summed E-state index contributed by atoms with van der Waals surface area (Å²) in [5.74, 6) is 0.700. The van der Waals surface area contributed by atoms with Gasteiger partial charge in [0.05, 0.1) is 23.6 Å². The summed E-state index contributed by atoms with van der Waals surface area (Å²) in [4.78, 5) is 0. The van der Waals surface area contributed by atoms with E-state index < -0.39 is 0 Å². The normalized spacial score (nSPS) is 12.5. The molecule has 0 radical (unpaired) electrons. The number of para-hydroxylation sites is 1. The van der Waals surface area contributed by atoms with Crippen LogP contribution in [0.3, 0.4) is 0 Å². The van der Waals surface area contributed by atoms with Crippen LogP contribution in [0.25, 0.3) is 0 Å². The van der Waals surface area contributed by atoms with Gasteiger partial charge in [-0.1, -0.05) is 13.0 Å². The van der Waals surface area contributed by atoms with Crippen LogP contribution in [0, 0.1) is 0 Å². The number of nitrogens with one attached hydrogen (secondary N) is 1. The van der Waals surface area contributed by atoms with Crippen molar-refractivity contribution in [3.63, 3.8) is 0 Å². The Kier molecular flexibility index (Phi) is 5.78. The van der Waals surface area contributed by atoms with E-state index in [0.29, 0.717) is 24.4 Å². The molecule has 1 aromatic carbocycles. The molecule has 4 nitrogen and oxygen atoms in total. The molecule has 1 aromatic rings. The fourth-order valence-electron chi connectivity index (χ4n) is 1.63. The van der Waals surface area contributed by atoms with Crippen molar-refractivity contribution >= 4 is 11.4 Å². The van der Waals surface area contributed by atoms with E-state index in [2.05, 4.69) is 5.32 Å². The number of hydrogen-bond acceptors (Lipinski definition) is 4. The first kappa shape index (κ1) is 14.6. The van der Waals surface area contributed by atoms with Gasteiger partial charge in [-0.05, 0) is 38.8 Å². The van der Waals surface area contributed by atoms with Gasteiger partial charge < -0.3 is 20.9 Å². The number of rotatable bonds is 7. The molecule has 0 aliphatic carbocycles. The van der Waals surface area contributed by atoms with E-state index in [1.54, 1.807) is 0 Å². The molecule has 1 unspecified atom stereocenters. The van der Waals surface area contributed by atoms with Crippen LogP contribution in [0.5, 0.6) is 5.75 Å². The summed E-state index contributed by atoms with van der Waals surface area (Å²) >= 11 is 0. The van der Waals surface area contributed by atoms with E-state index in [4.69, 9.17) is 10.5 Å². The van der Waals surface area contributed by atoms with Gasteiger partial charge in [0.15, 0.2) is 0 Å². The molecule has 1 rings (SSSR count). The molecule has 102 valence electrons. The van der Waals surface area contributed by atoms with E-state index in [1.165, 1.54) is 0 Å². The van der Waals surface area contributed by atoms with Gasteiger partial charge in [-0.3, -0.25) is 0 Å². The lowest BCUT2D eigenvalue weighted by atomic mass is 10.2. The number of nitrogen functional groups attached to an aromatic ring is 1. The van der Waals surface area contributed by atoms with Gasteiger partial charge in [0.25, 0.3) is 0 Å². The maximum absolute atomic E-state index is 9.48. The van der Waals surface area contributed by atoms with Crippen molar-refractivity contribution in [3.05, 3.63) is 18.2 Å². The topological polar surface area (TPSA) is 67.5 Å². The van der Waals surface area contributed by atoms with Crippen molar-refractivity contribution in [2.45, 2.75) is 45.8 Å². The molecule has 0 aliphatic rings. The highest BCUT2D eigenvalue weighted by molar-refractivity contribution is 5.72. The van der Waals surface area contributed by atoms with Crippen molar-refractivity contribution in [1.29, 1.82) is 0 Å². The molecular weight excluding hydrogens is 228 g/mol. The zero-order chi connectivity index (χ0) is 13.5. The minimum Gasteiger partial charge on any atom is -0.489 e. The molecule has 4 heteroatoms. The van der Waals surface area contributed by atoms with Crippen molar-refractivity contribution in [3.8, 4) is 5.75 Å². The van der Waals surface area contributed by atoms with Crippen LogP contribution >= 0.6 is 0 Å². The van der Waals surface area contributed by atoms with Crippen LogP contribution in [0.2, 0.25) is 0 Å². The number of aliphatic hydroxyl groups is 1. The van der Waals surface area contributed by atoms with E-state index in [-0.39, 0.29) is 12.2 Å². The maximum atomic E-state index is 9.48. The van der Waals surface area contributed by atoms with Gasteiger partial charge in [0.1, 0.15) is 5.75 Å². The molecule has 0 aromatic heterocycles. The van der Waals surface area contributed by atoms with Gasteiger partial charge in [-0.2, -0.15) is 0 Å². The Morgan fingerprint density at radius 2 is 2.11 bits per heavy atom. The Balaban J connectivity index is 2.60. The van der Waals surface area contributed by atoms with Gasteiger partial charge in [-0.15, -0.1) is 0 Å². The van der Waals surface area contributed by atoms with E-state index in [0.717, 1.165) is 12.1 Å². The Morgan fingerprint density at radius 3 is 2.72 bits per heavy atom. The summed E-state index contributed by atoms with van der Waals surface area (Å²) in [6.07, 6.45) is 1.33. The first-order valence-electron chi connectivity index (χ1n) is 6.51. The smallest absolute Gasteiger partial charge is 0.144 e. The molecule has 0 saturated heterocycles. The molecule has 0 aliphatic heterocycles. The number of aliphatic hydroxyl groups excluding tert-OH is 1. The zero-order valence-corrected chi connectivity index (χ0v) is 11.4. The van der Waals surface area contributed by atoms with E-state index >= 15 is 0 Å². The van der Waals surface area contributed by atoms with Gasteiger partial charge >= 0.3 is 0 Å². The average molecular weight is 252 g/mol.